The number of ketones is 1. The Kier molecular flexibility index (Phi) is 5.31. The van der Waals surface area contributed by atoms with Crippen LogP contribution in [0.1, 0.15) is 27.2 Å². The quantitative estimate of drug-likeness (QED) is 0.263. The van der Waals surface area contributed by atoms with Crippen molar-refractivity contribution >= 4 is 11.8 Å². The topological polar surface area (TPSA) is 43.4 Å². The molecule has 0 aliphatic carbocycles. The lowest BCUT2D eigenvalue weighted by Gasteiger charge is -2.08. The normalized spacial score (nSPS) is 11.4. The van der Waals surface area contributed by atoms with E-state index in [1.54, 1.807) is 31.2 Å². The Morgan fingerprint density at radius 2 is 1.83 bits per heavy atom. The summed E-state index contributed by atoms with van der Waals surface area (Å²) in [7, 11) is 0. The van der Waals surface area contributed by atoms with Crippen molar-refractivity contribution < 1.29 is 14.3 Å². The van der Waals surface area contributed by atoms with Gasteiger partial charge in [-0.25, -0.2) is 4.79 Å². The summed E-state index contributed by atoms with van der Waals surface area (Å²) in [4.78, 5) is 23.7. The van der Waals surface area contributed by atoms with Gasteiger partial charge in [-0.2, -0.15) is 0 Å². The molecule has 0 saturated carbocycles. The van der Waals surface area contributed by atoms with E-state index >= 15 is 0 Å². The molecule has 1 rings (SSSR count). The van der Waals surface area contributed by atoms with E-state index in [0.29, 0.717) is 12.2 Å². The molecule has 0 N–H and O–H groups in total. The summed E-state index contributed by atoms with van der Waals surface area (Å²) in [5.74, 6) is -0.0982. The summed E-state index contributed by atoms with van der Waals surface area (Å²) < 4.78 is 5.14. The van der Waals surface area contributed by atoms with Crippen LogP contribution in [0.15, 0.2) is 42.0 Å². The highest BCUT2D eigenvalue weighted by Crippen LogP contribution is 2.13. The molecule has 0 aromatic heterocycles. The zero-order chi connectivity index (χ0) is 13.5. The first-order chi connectivity index (χ1) is 8.54. The average Bonchev–Trinajstić information content (AvgIpc) is 2.30. The summed E-state index contributed by atoms with van der Waals surface area (Å²) in [5, 5.41) is 0. The van der Waals surface area contributed by atoms with Crippen molar-refractivity contribution in [1.29, 1.82) is 0 Å². The van der Waals surface area contributed by atoms with Crippen molar-refractivity contribution in [2.24, 2.45) is 5.92 Å². The maximum atomic E-state index is 11.9. The zero-order valence-electron chi connectivity index (χ0n) is 11.0. The van der Waals surface area contributed by atoms with Gasteiger partial charge < -0.3 is 4.74 Å². The lowest BCUT2D eigenvalue weighted by molar-refractivity contribution is -0.132. The van der Waals surface area contributed by atoms with Gasteiger partial charge in [0.25, 0.3) is 0 Å². The standard InChI is InChI=1S/C15H18O3/c1-4-13(14(16)10-11(2)3)15(17)18-12-8-6-5-7-9-12/h4-9,11H,10H2,1-3H3/b13-4-. The monoisotopic (exact) mass is 246 g/mol. The SMILES string of the molecule is C/C=C(/C(=O)CC(C)C)C(=O)Oc1ccccc1. The number of esters is 1. The first-order valence-corrected chi connectivity index (χ1v) is 6.01. The van der Waals surface area contributed by atoms with E-state index in [1.807, 2.05) is 19.9 Å². The molecule has 0 amide bonds. The number of carbonyl (C=O) groups is 2. The van der Waals surface area contributed by atoms with E-state index in [-0.39, 0.29) is 17.3 Å². The van der Waals surface area contributed by atoms with Crippen molar-refractivity contribution in [2.45, 2.75) is 27.2 Å². The molecule has 0 aliphatic rings. The molecule has 0 saturated heterocycles. The van der Waals surface area contributed by atoms with Gasteiger partial charge in [0.05, 0.1) is 5.57 Å². The fourth-order valence-electron chi connectivity index (χ4n) is 1.52. The minimum absolute atomic E-state index is 0.118. The minimum atomic E-state index is -0.589. The fraction of sp³-hybridized carbons (Fsp3) is 0.333. The Hall–Kier alpha value is -1.90. The van der Waals surface area contributed by atoms with Crippen molar-refractivity contribution in [3.05, 3.63) is 42.0 Å². The van der Waals surface area contributed by atoms with Crippen molar-refractivity contribution in [3.63, 3.8) is 0 Å². The number of benzene rings is 1. The molecule has 0 unspecified atom stereocenters. The molecular weight excluding hydrogens is 228 g/mol. The summed E-state index contributed by atoms with van der Waals surface area (Å²) in [6, 6.07) is 8.73. The zero-order valence-corrected chi connectivity index (χ0v) is 11.0. The predicted molar refractivity (Wildman–Crippen MR) is 70.3 cm³/mol. The van der Waals surface area contributed by atoms with Gasteiger partial charge in [0, 0.05) is 6.42 Å². The van der Waals surface area contributed by atoms with E-state index in [2.05, 4.69) is 0 Å². The minimum Gasteiger partial charge on any atom is -0.423 e. The van der Waals surface area contributed by atoms with Crippen LogP contribution in [0.5, 0.6) is 5.75 Å². The Morgan fingerprint density at radius 1 is 1.22 bits per heavy atom. The van der Waals surface area contributed by atoms with Crippen molar-refractivity contribution in [2.75, 3.05) is 0 Å². The first-order valence-electron chi connectivity index (χ1n) is 6.01. The van der Waals surface area contributed by atoms with Crippen LogP contribution in [0.3, 0.4) is 0 Å². The molecule has 96 valence electrons. The van der Waals surface area contributed by atoms with Gasteiger partial charge in [0.1, 0.15) is 5.75 Å². The number of ether oxygens (including phenoxy) is 1. The lowest BCUT2D eigenvalue weighted by atomic mass is 10.0. The van der Waals surface area contributed by atoms with E-state index in [4.69, 9.17) is 4.74 Å². The van der Waals surface area contributed by atoms with Crippen LogP contribution < -0.4 is 4.74 Å². The van der Waals surface area contributed by atoms with Crippen molar-refractivity contribution in [3.8, 4) is 5.75 Å². The Bertz CT molecular complexity index is 444. The van der Waals surface area contributed by atoms with Crippen LogP contribution in [0.4, 0.5) is 0 Å². The second kappa shape index (κ2) is 6.74. The van der Waals surface area contributed by atoms with E-state index in [1.165, 1.54) is 6.08 Å². The third-order valence-corrected chi connectivity index (χ3v) is 2.36. The molecule has 1 aromatic rings. The van der Waals surface area contributed by atoms with E-state index in [9.17, 15) is 9.59 Å². The highest BCUT2D eigenvalue weighted by molar-refractivity contribution is 6.17. The molecule has 0 spiro atoms. The molecular formula is C15H18O3. The third kappa shape index (κ3) is 4.17. The maximum Gasteiger partial charge on any atom is 0.346 e. The van der Waals surface area contributed by atoms with Gasteiger partial charge >= 0.3 is 5.97 Å². The molecule has 0 aliphatic heterocycles. The number of allylic oxidation sites excluding steroid dienone is 1. The van der Waals surface area contributed by atoms with Crippen LogP contribution in [-0.2, 0) is 9.59 Å². The van der Waals surface area contributed by atoms with Crippen LogP contribution in [0, 0.1) is 5.92 Å². The molecule has 3 heteroatoms. The van der Waals surface area contributed by atoms with Crippen LogP contribution in [0.25, 0.3) is 0 Å². The molecule has 0 atom stereocenters. The van der Waals surface area contributed by atoms with Gasteiger partial charge in [-0.1, -0.05) is 38.1 Å². The van der Waals surface area contributed by atoms with Gasteiger partial charge in [0.15, 0.2) is 5.78 Å². The highest BCUT2D eigenvalue weighted by atomic mass is 16.5. The average molecular weight is 246 g/mol. The second-order valence-corrected chi connectivity index (χ2v) is 4.43. The van der Waals surface area contributed by atoms with Gasteiger partial charge in [-0.15, -0.1) is 0 Å². The molecule has 0 radical (unpaired) electrons. The van der Waals surface area contributed by atoms with Crippen LogP contribution in [-0.4, -0.2) is 11.8 Å². The number of Topliss-reactive ketones (excluding diaryl/α,β-unsaturated/α-hetero) is 1. The van der Waals surface area contributed by atoms with Crippen molar-refractivity contribution in [1.82, 2.24) is 0 Å². The Balaban J connectivity index is 2.73. The smallest absolute Gasteiger partial charge is 0.346 e. The lowest BCUT2D eigenvalue weighted by Crippen LogP contribution is -2.19. The molecule has 0 fully saturated rings. The number of hydrogen-bond acceptors (Lipinski definition) is 3. The number of para-hydroxylation sites is 1. The fourth-order valence-corrected chi connectivity index (χ4v) is 1.52. The molecule has 1 aromatic carbocycles. The molecule has 18 heavy (non-hydrogen) atoms. The summed E-state index contributed by atoms with van der Waals surface area (Å²) in [5.41, 5.74) is 0.118. The number of carbonyl (C=O) groups excluding carboxylic acids is 2. The summed E-state index contributed by atoms with van der Waals surface area (Å²) in [6.07, 6.45) is 1.86. The van der Waals surface area contributed by atoms with Gasteiger partial charge in [-0.05, 0) is 25.0 Å². The molecule has 0 bridgehead atoms. The van der Waals surface area contributed by atoms with Gasteiger partial charge in [0.2, 0.25) is 0 Å². The second-order valence-electron chi connectivity index (χ2n) is 4.43. The number of rotatable bonds is 5. The van der Waals surface area contributed by atoms with E-state index < -0.39 is 5.97 Å². The maximum absolute atomic E-state index is 11.9. The highest BCUT2D eigenvalue weighted by Gasteiger charge is 2.19. The Morgan fingerprint density at radius 3 is 2.33 bits per heavy atom. The summed E-state index contributed by atoms with van der Waals surface area (Å²) >= 11 is 0. The van der Waals surface area contributed by atoms with E-state index in [0.717, 1.165) is 0 Å². The predicted octanol–water partition coefficient (Wildman–Crippen LogP) is 3.15. The van der Waals surface area contributed by atoms with Gasteiger partial charge in [-0.3, -0.25) is 4.79 Å². The van der Waals surface area contributed by atoms with Crippen LogP contribution in [0.2, 0.25) is 0 Å². The number of hydrogen-bond donors (Lipinski definition) is 0. The van der Waals surface area contributed by atoms with Crippen LogP contribution >= 0.6 is 0 Å². The largest absolute Gasteiger partial charge is 0.423 e. The Labute approximate surface area is 107 Å². The summed E-state index contributed by atoms with van der Waals surface area (Å²) in [6.45, 7) is 5.54. The first kappa shape index (κ1) is 14.2. The molecule has 0 heterocycles. The third-order valence-electron chi connectivity index (χ3n) is 2.36. The molecule has 3 nitrogen and oxygen atoms in total.